The van der Waals surface area contributed by atoms with E-state index in [2.05, 4.69) is 4.99 Å². The van der Waals surface area contributed by atoms with Gasteiger partial charge in [-0.3, -0.25) is 4.99 Å². The summed E-state index contributed by atoms with van der Waals surface area (Å²) in [6.07, 6.45) is 1.28. The van der Waals surface area contributed by atoms with E-state index in [-0.39, 0.29) is 12.3 Å². The molecule has 90 valence electrons. The number of benzene rings is 1. The maximum Gasteiger partial charge on any atom is 0.351 e. The van der Waals surface area contributed by atoms with E-state index in [1.807, 2.05) is 18.2 Å². The van der Waals surface area contributed by atoms with Crippen LogP contribution in [0.5, 0.6) is 5.75 Å². The predicted molar refractivity (Wildman–Crippen MR) is 65.2 cm³/mol. The van der Waals surface area contributed by atoms with Crippen molar-refractivity contribution in [1.29, 1.82) is 0 Å². The molecule has 0 aliphatic carbocycles. The summed E-state index contributed by atoms with van der Waals surface area (Å²) in [6.45, 7) is 0.175. The topological polar surface area (TPSA) is 84.9 Å². The highest BCUT2D eigenvalue weighted by Gasteiger charge is 2.04. The van der Waals surface area contributed by atoms with Crippen LogP contribution in [0.1, 0.15) is 0 Å². The van der Waals surface area contributed by atoms with Crippen LogP contribution in [0.2, 0.25) is 0 Å². The maximum atomic E-state index is 10.5. The quantitative estimate of drug-likeness (QED) is 0.589. The number of carboxylic acids is 1. The summed E-state index contributed by atoms with van der Waals surface area (Å²) >= 11 is 0. The Bertz CT molecular complexity index is 438. The normalized spacial score (nSPS) is 12.3. The lowest BCUT2D eigenvalue weighted by Gasteiger charge is -2.05. The van der Waals surface area contributed by atoms with E-state index in [9.17, 15) is 4.79 Å². The van der Waals surface area contributed by atoms with Gasteiger partial charge in [0.05, 0.1) is 5.71 Å². The standard InChI is InChI=1S/C12H14N2O3/c1-14-9(7-11(13)12(15)16)8-17-10-5-3-2-4-6-10/h2-7H,8,13H2,1H3,(H,15,16). The fourth-order valence-electron chi connectivity index (χ4n) is 1.09. The summed E-state index contributed by atoms with van der Waals surface area (Å²) in [4.78, 5) is 14.4. The fourth-order valence-corrected chi connectivity index (χ4v) is 1.09. The van der Waals surface area contributed by atoms with Crippen molar-refractivity contribution in [2.75, 3.05) is 13.7 Å². The van der Waals surface area contributed by atoms with Crippen molar-refractivity contribution in [2.45, 2.75) is 0 Å². The monoisotopic (exact) mass is 234 g/mol. The predicted octanol–water partition coefficient (Wildman–Crippen LogP) is 1.06. The van der Waals surface area contributed by atoms with Gasteiger partial charge in [-0.1, -0.05) is 18.2 Å². The van der Waals surface area contributed by atoms with E-state index < -0.39 is 5.97 Å². The molecule has 1 rings (SSSR count). The molecule has 5 heteroatoms. The molecule has 0 heterocycles. The summed E-state index contributed by atoms with van der Waals surface area (Å²) < 4.78 is 5.42. The van der Waals surface area contributed by atoms with E-state index in [1.165, 1.54) is 6.08 Å². The molecule has 5 nitrogen and oxygen atoms in total. The third kappa shape index (κ3) is 4.38. The molecule has 1 aromatic rings. The number of hydrogen-bond donors (Lipinski definition) is 2. The second-order valence-electron chi connectivity index (χ2n) is 3.22. The second kappa shape index (κ2) is 6.32. The lowest BCUT2D eigenvalue weighted by atomic mass is 10.3. The number of carboxylic acid groups (broad SMARTS) is 1. The number of para-hydroxylation sites is 1. The molecule has 0 aromatic heterocycles. The number of nitrogens with two attached hydrogens (primary N) is 1. The van der Waals surface area contributed by atoms with Crippen LogP contribution in [-0.4, -0.2) is 30.4 Å². The number of aliphatic carboxylic acids is 1. The first kappa shape index (κ1) is 12.8. The fraction of sp³-hybridized carbons (Fsp3) is 0.167. The summed E-state index contributed by atoms with van der Waals surface area (Å²) in [6, 6.07) is 9.18. The Morgan fingerprint density at radius 1 is 1.47 bits per heavy atom. The van der Waals surface area contributed by atoms with Crippen LogP contribution >= 0.6 is 0 Å². The first-order valence-corrected chi connectivity index (χ1v) is 4.97. The first-order chi connectivity index (χ1) is 8.13. The third-order valence-electron chi connectivity index (χ3n) is 1.99. The van der Waals surface area contributed by atoms with Gasteiger partial charge in [-0.2, -0.15) is 0 Å². The van der Waals surface area contributed by atoms with E-state index in [0.29, 0.717) is 11.5 Å². The van der Waals surface area contributed by atoms with Crippen LogP contribution in [0.3, 0.4) is 0 Å². The first-order valence-electron chi connectivity index (χ1n) is 4.97. The molecule has 0 fully saturated rings. The minimum absolute atomic E-state index is 0.175. The van der Waals surface area contributed by atoms with Crippen LogP contribution in [0, 0.1) is 0 Å². The van der Waals surface area contributed by atoms with Gasteiger partial charge >= 0.3 is 5.97 Å². The molecule has 0 saturated carbocycles. The minimum atomic E-state index is -1.18. The number of ether oxygens (including phenoxy) is 1. The van der Waals surface area contributed by atoms with Gasteiger partial charge in [0.15, 0.2) is 0 Å². The Kier molecular flexibility index (Phi) is 4.75. The highest BCUT2D eigenvalue weighted by Crippen LogP contribution is 2.08. The Labute approximate surface area is 99.2 Å². The molecule has 3 N–H and O–H groups in total. The van der Waals surface area contributed by atoms with Crippen LogP contribution in [0.15, 0.2) is 47.1 Å². The minimum Gasteiger partial charge on any atom is -0.487 e. The van der Waals surface area contributed by atoms with Gasteiger partial charge in [0, 0.05) is 7.05 Å². The Morgan fingerprint density at radius 2 is 2.12 bits per heavy atom. The molecular formula is C12H14N2O3. The second-order valence-corrected chi connectivity index (χ2v) is 3.22. The van der Waals surface area contributed by atoms with Crippen LogP contribution in [0.4, 0.5) is 0 Å². The molecule has 0 atom stereocenters. The number of hydrogen-bond acceptors (Lipinski definition) is 4. The van der Waals surface area contributed by atoms with E-state index >= 15 is 0 Å². The van der Waals surface area contributed by atoms with E-state index in [0.717, 1.165) is 0 Å². The Morgan fingerprint density at radius 3 is 2.65 bits per heavy atom. The molecule has 0 saturated heterocycles. The van der Waals surface area contributed by atoms with Crippen molar-refractivity contribution in [2.24, 2.45) is 10.7 Å². The van der Waals surface area contributed by atoms with E-state index in [1.54, 1.807) is 19.2 Å². The average molecular weight is 234 g/mol. The zero-order valence-electron chi connectivity index (χ0n) is 9.46. The molecule has 0 radical (unpaired) electrons. The van der Waals surface area contributed by atoms with Crippen molar-refractivity contribution in [1.82, 2.24) is 0 Å². The largest absolute Gasteiger partial charge is 0.487 e. The zero-order chi connectivity index (χ0) is 12.7. The Balaban J connectivity index is 2.61. The number of aliphatic imine (C=N–C) groups is 1. The molecule has 0 unspecified atom stereocenters. The lowest BCUT2D eigenvalue weighted by molar-refractivity contribution is -0.132. The van der Waals surface area contributed by atoms with Gasteiger partial charge in [-0.05, 0) is 18.2 Å². The average Bonchev–Trinajstić information content (AvgIpc) is 2.35. The van der Waals surface area contributed by atoms with Crippen molar-refractivity contribution < 1.29 is 14.6 Å². The van der Waals surface area contributed by atoms with Gasteiger partial charge in [0.25, 0.3) is 0 Å². The van der Waals surface area contributed by atoms with Gasteiger partial charge in [0.1, 0.15) is 18.1 Å². The van der Waals surface area contributed by atoms with Crippen LogP contribution in [0.25, 0.3) is 0 Å². The molecule has 0 spiro atoms. The summed E-state index contributed by atoms with van der Waals surface area (Å²) in [7, 11) is 1.55. The van der Waals surface area contributed by atoms with Crippen molar-refractivity contribution in [3.05, 3.63) is 42.1 Å². The van der Waals surface area contributed by atoms with Crippen molar-refractivity contribution in [3.8, 4) is 5.75 Å². The van der Waals surface area contributed by atoms with Crippen LogP contribution in [-0.2, 0) is 4.79 Å². The van der Waals surface area contributed by atoms with Gasteiger partial charge < -0.3 is 15.6 Å². The summed E-state index contributed by atoms with van der Waals surface area (Å²) in [5.74, 6) is -0.484. The summed E-state index contributed by atoms with van der Waals surface area (Å²) in [5, 5.41) is 8.62. The van der Waals surface area contributed by atoms with Crippen molar-refractivity contribution in [3.63, 3.8) is 0 Å². The highest BCUT2D eigenvalue weighted by atomic mass is 16.5. The van der Waals surface area contributed by atoms with Gasteiger partial charge in [-0.15, -0.1) is 0 Å². The number of nitrogens with zero attached hydrogens (tertiary/aromatic N) is 1. The molecule has 0 amide bonds. The zero-order valence-corrected chi connectivity index (χ0v) is 9.46. The highest BCUT2D eigenvalue weighted by molar-refractivity contribution is 6.02. The van der Waals surface area contributed by atoms with E-state index in [4.69, 9.17) is 15.6 Å². The van der Waals surface area contributed by atoms with Gasteiger partial charge in [-0.25, -0.2) is 4.79 Å². The summed E-state index contributed by atoms with van der Waals surface area (Å²) in [5.41, 5.74) is 5.49. The smallest absolute Gasteiger partial charge is 0.351 e. The number of carbonyl (C=O) groups is 1. The molecule has 0 aliphatic heterocycles. The lowest BCUT2D eigenvalue weighted by Crippen LogP contribution is -2.16. The van der Waals surface area contributed by atoms with Gasteiger partial charge in [0.2, 0.25) is 0 Å². The number of rotatable bonds is 5. The van der Waals surface area contributed by atoms with Crippen LogP contribution < -0.4 is 10.5 Å². The Hall–Kier alpha value is -2.30. The molecule has 1 aromatic carbocycles. The molecule has 0 aliphatic rings. The van der Waals surface area contributed by atoms with Crippen molar-refractivity contribution >= 4 is 11.7 Å². The third-order valence-corrected chi connectivity index (χ3v) is 1.99. The maximum absolute atomic E-state index is 10.5. The molecule has 17 heavy (non-hydrogen) atoms. The SMILES string of the molecule is CN=C(C=C(N)C(=O)O)COc1ccccc1. The molecule has 0 bridgehead atoms. The molecular weight excluding hydrogens is 220 g/mol.